The maximum Gasteiger partial charge on any atom is 0.249 e. The Hall–Kier alpha value is -1.40. The number of hydrogen-bond acceptors (Lipinski definition) is 4. The lowest BCUT2D eigenvalue weighted by molar-refractivity contribution is -0.137. The smallest absolute Gasteiger partial charge is 0.249 e. The minimum absolute atomic E-state index is 0.0233. The van der Waals surface area contributed by atoms with Crippen LogP contribution in [0.3, 0.4) is 0 Å². The van der Waals surface area contributed by atoms with Gasteiger partial charge in [-0.15, -0.1) is 0 Å². The third-order valence-corrected chi connectivity index (χ3v) is 2.33. The topological polar surface area (TPSA) is 76.2 Å². The van der Waals surface area contributed by atoms with Crippen molar-refractivity contribution in [1.82, 2.24) is 15.7 Å². The maximum absolute atomic E-state index is 11.4. The molecule has 0 aliphatic carbocycles. The van der Waals surface area contributed by atoms with Gasteiger partial charge in [-0.25, -0.2) is 5.48 Å². The summed E-state index contributed by atoms with van der Waals surface area (Å²) in [6.45, 7) is 3.13. The average molecular weight is 225 g/mol. The van der Waals surface area contributed by atoms with Crippen LogP contribution in [0.2, 0.25) is 0 Å². The molecule has 0 saturated carbocycles. The normalized spacial score (nSPS) is 19.9. The molecule has 6 nitrogen and oxygen atoms in total. The number of aromatic amines is 1. The van der Waals surface area contributed by atoms with E-state index in [2.05, 4.69) is 15.7 Å². The van der Waals surface area contributed by atoms with Gasteiger partial charge in [-0.1, -0.05) is 0 Å². The fourth-order valence-corrected chi connectivity index (χ4v) is 1.52. The van der Waals surface area contributed by atoms with E-state index in [1.54, 1.807) is 0 Å². The van der Waals surface area contributed by atoms with Gasteiger partial charge >= 0.3 is 0 Å². The van der Waals surface area contributed by atoms with Crippen LogP contribution in [0.25, 0.3) is 0 Å². The Labute approximate surface area is 93.3 Å². The summed E-state index contributed by atoms with van der Waals surface area (Å²) in [6.07, 6.45) is 1.02. The van der Waals surface area contributed by atoms with Gasteiger partial charge in [-0.2, -0.15) is 5.10 Å². The summed E-state index contributed by atoms with van der Waals surface area (Å²) in [4.78, 5) is 16.6. The molecule has 1 amide bonds. The number of hydroxylamine groups is 1. The number of aromatic nitrogens is 2. The predicted molar refractivity (Wildman–Crippen MR) is 55.5 cm³/mol. The van der Waals surface area contributed by atoms with Gasteiger partial charge in [-0.3, -0.25) is 14.7 Å². The highest BCUT2D eigenvalue weighted by Crippen LogP contribution is 2.06. The summed E-state index contributed by atoms with van der Waals surface area (Å²) < 4.78 is 5.12. The minimum Gasteiger partial charge on any atom is -0.379 e. The van der Waals surface area contributed by atoms with Crippen LogP contribution in [0.4, 0.5) is 0 Å². The van der Waals surface area contributed by atoms with Gasteiger partial charge in [0.25, 0.3) is 0 Å². The highest BCUT2D eigenvalue weighted by Gasteiger charge is 2.17. The largest absolute Gasteiger partial charge is 0.379 e. The van der Waals surface area contributed by atoms with Crippen LogP contribution in [-0.4, -0.2) is 35.4 Å². The first-order valence-electron chi connectivity index (χ1n) is 5.27. The maximum atomic E-state index is 11.4. The van der Waals surface area contributed by atoms with E-state index in [1.807, 2.05) is 13.0 Å². The Morgan fingerprint density at radius 1 is 1.81 bits per heavy atom. The molecule has 0 bridgehead atoms. The highest BCUT2D eigenvalue weighted by atomic mass is 16.7. The van der Waals surface area contributed by atoms with E-state index < -0.39 is 0 Å². The second-order valence-corrected chi connectivity index (χ2v) is 3.85. The van der Waals surface area contributed by atoms with Crippen LogP contribution in [-0.2, 0) is 20.8 Å². The molecule has 2 rings (SSSR count). The van der Waals surface area contributed by atoms with Crippen LogP contribution in [0.15, 0.2) is 6.07 Å². The van der Waals surface area contributed by atoms with Crippen molar-refractivity contribution < 1.29 is 14.4 Å². The molecule has 0 spiro atoms. The van der Waals surface area contributed by atoms with Crippen LogP contribution >= 0.6 is 0 Å². The molecular weight excluding hydrogens is 210 g/mol. The zero-order valence-corrected chi connectivity index (χ0v) is 9.16. The first-order chi connectivity index (χ1) is 7.74. The van der Waals surface area contributed by atoms with Crippen molar-refractivity contribution in [2.24, 2.45) is 0 Å². The van der Waals surface area contributed by atoms with Gasteiger partial charge in [0.15, 0.2) is 0 Å². The second kappa shape index (κ2) is 5.09. The molecule has 1 aliphatic heterocycles. The molecule has 16 heavy (non-hydrogen) atoms. The van der Waals surface area contributed by atoms with E-state index in [4.69, 9.17) is 9.57 Å². The molecule has 1 saturated heterocycles. The number of carbonyl (C=O) groups excluding carboxylic acids is 1. The van der Waals surface area contributed by atoms with Crippen LogP contribution in [0, 0.1) is 6.92 Å². The number of nitrogens with one attached hydrogen (secondary N) is 2. The van der Waals surface area contributed by atoms with E-state index in [-0.39, 0.29) is 18.4 Å². The van der Waals surface area contributed by atoms with Crippen molar-refractivity contribution in [2.45, 2.75) is 25.9 Å². The Balaban J connectivity index is 1.71. The molecule has 1 aromatic heterocycles. The summed E-state index contributed by atoms with van der Waals surface area (Å²) in [5, 5.41) is 6.75. The fraction of sp³-hybridized carbons (Fsp3) is 0.600. The molecule has 2 heterocycles. The molecule has 1 unspecified atom stereocenters. The van der Waals surface area contributed by atoms with Crippen molar-refractivity contribution in [2.75, 3.05) is 13.2 Å². The van der Waals surface area contributed by atoms with Gasteiger partial charge in [0, 0.05) is 18.7 Å². The van der Waals surface area contributed by atoms with E-state index in [9.17, 15) is 4.79 Å². The van der Waals surface area contributed by atoms with E-state index in [0.29, 0.717) is 18.9 Å². The third-order valence-electron chi connectivity index (χ3n) is 2.33. The van der Waals surface area contributed by atoms with Crippen molar-refractivity contribution in [3.05, 3.63) is 17.5 Å². The quantitative estimate of drug-likeness (QED) is 0.712. The van der Waals surface area contributed by atoms with Gasteiger partial charge in [0.05, 0.1) is 18.7 Å². The standard InChI is InChI=1S/C10H15N3O3/c1-7-4-8(12-11-7)5-10(14)13-16-9-2-3-15-6-9/h4,9H,2-3,5-6H2,1H3,(H,11,12)(H,13,14). The molecule has 1 atom stereocenters. The molecule has 1 fully saturated rings. The molecule has 88 valence electrons. The van der Waals surface area contributed by atoms with Crippen molar-refractivity contribution in [3.63, 3.8) is 0 Å². The zero-order valence-electron chi connectivity index (χ0n) is 9.16. The molecule has 1 aliphatic rings. The number of hydrogen-bond donors (Lipinski definition) is 2. The number of ether oxygens (including phenoxy) is 1. The monoisotopic (exact) mass is 225 g/mol. The third kappa shape index (κ3) is 3.04. The molecule has 0 aromatic carbocycles. The van der Waals surface area contributed by atoms with Crippen molar-refractivity contribution in [3.8, 4) is 0 Å². The molecule has 1 aromatic rings. The fourth-order valence-electron chi connectivity index (χ4n) is 1.52. The Bertz CT molecular complexity index is 358. The molecule has 2 N–H and O–H groups in total. The van der Waals surface area contributed by atoms with Crippen LogP contribution in [0.5, 0.6) is 0 Å². The van der Waals surface area contributed by atoms with Gasteiger partial charge in [0.1, 0.15) is 6.10 Å². The summed E-state index contributed by atoms with van der Waals surface area (Å²) >= 11 is 0. The summed E-state index contributed by atoms with van der Waals surface area (Å²) in [7, 11) is 0. The number of nitrogens with zero attached hydrogens (tertiary/aromatic N) is 1. The SMILES string of the molecule is Cc1cc(CC(=O)NOC2CCOC2)n[nH]1. The van der Waals surface area contributed by atoms with E-state index in [0.717, 1.165) is 12.1 Å². The second-order valence-electron chi connectivity index (χ2n) is 3.85. The van der Waals surface area contributed by atoms with Gasteiger partial charge in [-0.05, 0) is 13.0 Å². The Kier molecular flexibility index (Phi) is 3.53. The summed E-state index contributed by atoms with van der Waals surface area (Å²) in [5.74, 6) is -0.196. The van der Waals surface area contributed by atoms with Crippen molar-refractivity contribution >= 4 is 5.91 Å². The summed E-state index contributed by atoms with van der Waals surface area (Å²) in [5.41, 5.74) is 4.06. The lowest BCUT2D eigenvalue weighted by Crippen LogP contribution is -2.31. The summed E-state index contributed by atoms with van der Waals surface area (Å²) in [6, 6.07) is 1.83. The van der Waals surface area contributed by atoms with Crippen molar-refractivity contribution in [1.29, 1.82) is 0 Å². The first kappa shape index (κ1) is 11.1. The zero-order chi connectivity index (χ0) is 11.4. The Morgan fingerprint density at radius 2 is 2.69 bits per heavy atom. The van der Waals surface area contributed by atoms with E-state index in [1.165, 1.54) is 0 Å². The number of aryl methyl sites for hydroxylation is 1. The first-order valence-corrected chi connectivity index (χ1v) is 5.27. The molecule has 0 radical (unpaired) electrons. The Morgan fingerprint density at radius 3 is 3.31 bits per heavy atom. The van der Waals surface area contributed by atoms with Gasteiger partial charge in [0.2, 0.25) is 5.91 Å². The average Bonchev–Trinajstić information content (AvgIpc) is 2.87. The number of amides is 1. The lowest BCUT2D eigenvalue weighted by atomic mass is 10.3. The lowest BCUT2D eigenvalue weighted by Gasteiger charge is -2.09. The predicted octanol–water partition coefficient (Wildman–Crippen LogP) is 0.0973. The molecular formula is C10H15N3O3. The minimum atomic E-state index is -0.196. The van der Waals surface area contributed by atoms with Crippen LogP contribution in [0.1, 0.15) is 17.8 Å². The number of H-pyrrole nitrogens is 1. The number of carbonyl (C=O) groups is 1. The number of rotatable bonds is 4. The van der Waals surface area contributed by atoms with E-state index >= 15 is 0 Å². The van der Waals surface area contributed by atoms with Crippen LogP contribution < -0.4 is 5.48 Å². The van der Waals surface area contributed by atoms with Gasteiger partial charge < -0.3 is 4.74 Å². The highest BCUT2D eigenvalue weighted by molar-refractivity contribution is 5.77. The molecule has 6 heteroatoms.